The molecule has 3 atom stereocenters. The Morgan fingerprint density at radius 3 is 1.97 bits per heavy atom. The zero-order valence-corrected chi connectivity index (χ0v) is 19.1. The number of hydrogen-bond donors (Lipinski definition) is 5. The van der Waals surface area contributed by atoms with Crippen molar-refractivity contribution in [3.05, 3.63) is 65.7 Å². The van der Waals surface area contributed by atoms with Gasteiger partial charge in [-0.05, 0) is 42.0 Å². The van der Waals surface area contributed by atoms with E-state index < -0.39 is 29.2 Å². The van der Waals surface area contributed by atoms with Gasteiger partial charge in [0.25, 0.3) is 0 Å². The van der Waals surface area contributed by atoms with Gasteiger partial charge in [-0.3, -0.25) is 9.59 Å². The van der Waals surface area contributed by atoms with Crippen molar-refractivity contribution < 1.29 is 24.6 Å². The summed E-state index contributed by atoms with van der Waals surface area (Å²) >= 11 is 4.39. The lowest BCUT2D eigenvalue weighted by molar-refractivity contribution is -0.142. The summed E-state index contributed by atoms with van der Waals surface area (Å²) in [5.74, 6) is -1.96. The predicted octanol–water partition coefficient (Wildman–Crippen LogP) is 2.58. The number of nitrogens with one attached hydrogen (secondary N) is 2. The molecule has 0 aliphatic carbocycles. The van der Waals surface area contributed by atoms with Gasteiger partial charge in [-0.1, -0.05) is 56.3 Å². The van der Waals surface area contributed by atoms with E-state index in [1.54, 1.807) is 12.1 Å². The van der Waals surface area contributed by atoms with E-state index in [0.717, 1.165) is 5.56 Å². The molecule has 7 nitrogen and oxygen atoms in total. The number of amides is 2. The second-order valence-corrected chi connectivity index (χ2v) is 8.79. The van der Waals surface area contributed by atoms with Crippen LogP contribution in [0.3, 0.4) is 0 Å². The van der Waals surface area contributed by atoms with Crippen molar-refractivity contribution in [1.29, 1.82) is 0 Å². The van der Waals surface area contributed by atoms with Gasteiger partial charge in [0.05, 0.1) is 5.25 Å². The second-order valence-electron chi connectivity index (χ2n) is 8.17. The van der Waals surface area contributed by atoms with Gasteiger partial charge in [0.2, 0.25) is 11.8 Å². The van der Waals surface area contributed by atoms with Gasteiger partial charge in [0.1, 0.15) is 17.8 Å². The predicted molar refractivity (Wildman–Crippen MR) is 126 cm³/mol. The number of carboxylic acid groups (broad SMARTS) is 1. The molecule has 2 aromatic rings. The first-order chi connectivity index (χ1) is 15.2. The zero-order chi connectivity index (χ0) is 23.7. The van der Waals surface area contributed by atoms with E-state index in [2.05, 4.69) is 23.3 Å². The molecule has 2 amide bonds. The van der Waals surface area contributed by atoms with Crippen molar-refractivity contribution in [3.63, 3.8) is 0 Å². The van der Waals surface area contributed by atoms with E-state index in [-0.39, 0.29) is 24.0 Å². The van der Waals surface area contributed by atoms with Gasteiger partial charge in [-0.15, -0.1) is 0 Å². The number of thiol groups is 1. The van der Waals surface area contributed by atoms with Crippen LogP contribution in [-0.4, -0.2) is 45.3 Å². The average molecular weight is 459 g/mol. The molecule has 8 heteroatoms. The van der Waals surface area contributed by atoms with Gasteiger partial charge in [-0.25, -0.2) is 4.79 Å². The van der Waals surface area contributed by atoms with Crippen LogP contribution >= 0.6 is 12.6 Å². The first-order valence-corrected chi connectivity index (χ1v) is 11.0. The molecule has 0 radical (unpaired) electrons. The van der Waals surface area contributed by atoms with Crippen LogP contribution in [0.5, 0.6) is 5.75 Å². The monoisotopic (exact) mass is 458 g/mol. The van der Waals surface area contributed by atoms with Crippen molar-refractivity contribution in [3.8, 4) is 5.75 Å². The topological polar surface area (TPSA) is 116 Å². The van der Waals surface area contributed by atoms with Gasteiger partial charge in [0, 0.05) is 6.42 Å². The molecule has 1 unspecified atom stereocenters. The number of aromatic hydroxyl groups is 1. The summed E-state index contributed by atoms with van der Waals surface area (Å²) in [6.45, 7) is 3.83. The summed E-state index contributed by atoms with van der Waals surface area (Å²) < 4.78 is 0. The Kier molecular flexibility index (Phi) is 9.59. The minimum absolute atomic E-state index is 0.0485. The lowest BCUT2D eigenvalue weighted by atomic mass is 10.0. The molecule has 172 valence electrons. The Hall–Kier alpha value is -3.00. The second kappa shape index (κ2) is 12.1. The third-order valence-corrected chi connectivity index (χ3v) is 5.32. The summed E-state index contributed by atoms with van der Waals surface area (Å²) in [6, 6.07) is 13.5. The van der Waals surface area contributed by atoms with E-state index in [9.17, 15) is 24.6 Å². The molecule has 0 aliphatic rings. The molecule has 4 N–H and O–H groups in total. The number of carbonyl (C=O) groups excluding carboxylic acids is 2. The van der Waals surface area contributed by atoms with Crippen LogP contribution in [0.25, 0.3) is 0 Å². The average Bonchev–Trinajstić information content (AvgIpc) is 2.74. The molecule has 0 aromatic heterocycles. The first kappa shape index (κ1) is 25.3. The number of benzene rings is 2. The Balaban J connectivity index is 2.05. The maximum absolute atomic E-state index is 12.9. The highest BCUT2D eigenvalue weighted by Gasteiger charge is 2.28. The van der Waals surface area contributed by atoms with Crippen LogP contribution in [0, 0.1) is 5.92 Å². The maximum atomic E-state index is 12.9. The number of carboxylic acids is 1. The van der Waals surface area contributed by atoms with E-state index >= 15 is 0 Å². The molecule has 32 heavy (non-hydrogen) atoms. The van der Waals surface area contributed by atoms with Crippen LogP contribution in [0.2, 0.25) is 0 Å². The Morgan fingerprint density at radius 2 is 1.41 bits per heavy atom. The standard InChI is InChI=1S/C24H30N2O5S/c1-15(2)12-19(25-23(29)21(32)14-16-6-4-3-5-7-16)22(28)26-20(24(30)31)13-17-8-10-18(27)11-9-17/h3-11,15,19-21,27,32H,12-14H2,1-2H3,(H,25,29)(H,26,28)(H,30,31)/t19-,20-,21?/m0/s1. The molecule has 0 fully saturated rings. The molecule has 2 rings (SSSR count). The molecular formula is C24H30N2O5S. The number of phenolic OH excluding ortho intramolecular Hbond substituents is 1. The largest absolute Gasteiger partial charge is 0.508 e. The Morgan fingerprint density at radius 1 is 0.844 bits per heavy atom. The summed E-state index contributed by atoms with van der Waals surface area (Å²) in [7, 11) is 0. The Bertz CT molecular complexity index is 902. The lowest BCUT2D eigenvalue weighted by Crippen LogP contribution is -2.53. The normalized spacial score (nSPS) is 13.8. The molecule has 0 spiro atoms. The number of rotatable bonds is 11. The van der Waals surface area contributed by atoms with Gasteiger partial charge in [-0.2, -0.15) is 12.6 Å². The molecule has 0 bridgehead atoms. The highest BCUT2D eigenvalue weighted by atomic mass is 32.1. The molecule has 0 saturated heterocycles. The van der Waals surface area contributed by atoms with E-state index in [4.69, 9.17) is 0 Å². The first-order valence-electron chi connectivity index (χ1n) is 10.5. The third-order valence-electron chi connectivity index (χ3n) is 4.91. The van der Waals surface area contributed by atoms with Gasteiger partial charge >= 0.3 is 5.97 Å². The lowest BCUT2D eigenvalue weighted by Gasteiger charge is -2.24. The van der Waals surface area contributed by atoms with Crippen molar-refractivity contribution in [2.75, 3.05) is 0 Å². The summed E-state index contributed by atoms with van der Waals surface area (Å²) in [4.78, 5) is 37.3. The van der Waals surface area contributed by atoms with Crippen LogP contribution in [0.4, 0.5) is 0 Å². The summed E-state index contributed by atoms with van der Waals surface area (Å²) in [5, 5.41) is 23.6. The minimum Gasteiger partial charge on any atom is -0.508 e. The van der Waals surface area contributed by atoms with Crippen LogP contribution < -0.4 is 10.6 Å². The molecule has 2 aromatic carbocycles. The molecule has 0 heterocycles. The van der Waals surface area contributed by atoms with E-state index in [1.807, 2.05) is 44.2 Å². The highest BCUT2D eigenvalue weighted by Crippen LogP contribution is 2.13. The summed E-state index contributed by atoms with van der Waals surface area (Å²) in [5.41, 5.74) is 1.60. The fourth-order valence-electron chi connectivity index (χ4n) is 3.24. The number of aliphatic carboxylic acids is 1. The van der Waals surface area contributed by atoms with E-state index in [0.29, 0.717) is 18.4 Å². The maximum Gasteiger partial charge on any atom is 0.326 e. The molecule has 0 aliphatic heterocycles. The van der Waals surface area contributed by atoms with E-state index in [1.165, 1.54) is 12.1 Å². The molecular weight excluding hydrogens is 428 g/mol. The minimum atomic E-state index is -1.18. The van der Waals surface area contributed by atoms with Crippen molar-refractivity contribution in [1.82, 2.24) is 10.6 Å². The number of phenols is 1. The quantitative estimate of drug-likeness (QED) is 0.332. The van der Waals surface area contributed by atoms with Crippen LogP contribution in [0.15, 0.2) is 54.6 Å². The number of carbonyl (C=O) groups is 3. The summed E-state index contributed by atoms with van der Waals surface area (Å²) in [6.07, 6.45) is 0.812. The fraction of sp³-hybridized carbons (Fsp3) is 0.375. The molecule has 0 saturated carbocycles. The number of hydrogen-bond acceptors (Lipinski definition) is 5. The smallest absolute Gasteiger partial charge is 0.326 e. The van der Waals surface area contributed by atoms with Crippen LogP contribution in [0.1, 0.15) is 31.4 Å². The van der Waals surface area contributed by atoms with Gasteiger partial charge < -0.3 is 20.8 Å². The third kappa shape index (κ3) is 8.26. The zero-order valence-electron chi connectivity index (χ0n) is 18.2. The fourth-order valence-corrected chi connectivity index (χ4v) is 3.53. The van der Waals surface area contributed by atoms with Crippen molar-refractivity contribution >= 4 is 30.4 Å². The van der Waals surface area contributed by atoms with Crippen LogP contribution in [-0.2, 0) is 27.2 Å². The SMILES string of the molecule is CC(C)C[C@H](NC(=O)C(S)Cc1ccccc1)C(=O)N[C@@H](Cc1ccc(O)cc1)C(=O)O. The van der Waals surface area contributed by atoms with Crippen molar-refractivity contribution in [2.24, 2.45) is 5.92 Å². The van der Waals surface area contributed by atoms with Crippen molar-refractivity contribution in [2.45, 2.75) is 50.4 Å². The Labute approximate surface area is 193 Å². The highest BCUT2D eigenvalue weighted by molar-refractivity contribution is 7.81. The van der Waals surface area contributed by atoms with Gasteiger partial charge in [0.15, 0.2) is 0 Å².